The van der Waals surface area contributed by atoms with Crippen molar-refractivity contribution in [2.45, 2.75) is 12.5 Å². The molecule has 4 aromatic rings. The van der Waals surface area contributed by atoms with E-state index in [9.17, 15) is 9.59 Å². The maximum atomic E-state index is 11.5. The Hall–Kier alpha value is -2.72. The third-order valence-corrected chi connectivity index (χ3v) is 6.42. The highest BCUT2D eigenvalue weighted by molar-refractivity contribution is 9.10. The van der Waals surface area contributed by atoms with Crippen molar-refractivity contribution in [2.75, 3.05) is 27.2 Å². The number of hydrogen-bond acceptors (Lipinski definition) is 5. The number of aromatic amines is 1. The molecule has 0 amide bonds. The summed E-state index contributed by atoms with van der Waals surface area (Å²) in [5, 5.41) is 0.0956. The van der Waals surface area contributed by atoms with Gasteiger partial charge in [-0.05, 0) is 55.9 Å². The Kier molecular flexibility index (Phi) is 8.71. The van der Waals surface area contributed by atoms with Gasteiger partial charge in [0, 0.05) is 25.1 Å². The van der Waals surface area contributed by atoms with Crippen LogP contribution < -0.4 is 11.2 Å². The summed E-state index contributed by atoms with van der Waals surface area (Å²) in [6.07, 6.45) is 0. The predicted octanol–water partition coefficient (Wildman–Crippen LogP) is 3.90. The largest absolute Gasteiger partial charge is 0.365 e. The minimum Gasteiger partial charge on any atom is -0.365 e. The molecular formula is C25H29BrClN5O3. The first-order chi connectivity index (χ1) is 16.5. The maximum absolute atomic E-state index is 11.5. The first kappa shape index (κ1) is 26.9. The lowest BCUT2D eigenvalue weighted by atomic mass is 9.88. The molecule has 0 unspecified atom stereocenters. The Labute approximate surface area is 217 Å². The van der Waals surface area contributed by atoms with Crippen LogP contribution in [0.3, 0.4) is 0 Å². The second-order valence-electron chi connectivity index (χ2n) is 8.49. The number of hydrogen-bond donors (Lipinski definition) is 1. The molecular weight excluding hydrogens is 534 g/mol. The molecule has 186 valence electrons. The molecule has 0 aliphatic rings. The summed E-state index contributed by atoms with van der Waals surface area (Å²) in [5.74, 6) is 0. The molecule has 10 heteroatoms. The van der Waals surface area contributed by atoms with Gasteiger partial charge in [-0.2, -0.15) is 4.98 Å². The Morgan fingerprint density at radius 1 is 1.03 bits per heavy atom. The van der Waals surface area contributed by atoms with Crippen LogP contribution in [0, 0.1) is 0 Å². The summed E-state index contributed by atoms with van der Waals surface area (Å²) in [7, 11) is 7.05. The highest BCUT2D eigenvalue weighted by Crippen LogP contribution is 2.33. The molecule has 0 spiro atoms. The lowest BCUT2D eigenvalue weighted by Crippen LogP contribution is -2.36. The quantitative estimate of drug-likeness (QED) is 0.360. The van der Waals surface area contributed by atoms with Crippen LogP contribution >= 0.6 is 27.5 Å². The number of H-pyrrole nitrogens is 1. The number of rotatable bonds is 6. The topological polar surface area (TPSA) is 85.2 Å². The molecule has 0 aliphatic carbocycles. The number of benzene rings is 2. The predicted molar refractivity (Wildman–Crippen MR) is 143 cm³/mol. The number of ether oxygens (including phenoxy) is 1. The number of imidazole rings is 1. The monoisotopic (exact) mass is 561 g/mol. The van der Waals surface area contributed by atoms with Crippen LogP contribution in [0.25, 0.3) is 11.2 Å². The van der Waals surface area contributed by atoms with E-state index in [0.29, 0.717) is 6.61 Å². The van der Waals surface area contributed by atoms with Gasteiger partial charge in [0.15, 0.2) is 11.2 Å². The van der Waals surface area contributed by atoms with Gasteiger partial charge in [-0.25, -0.2) is 4.79 Å². The number of aromatic nitrogens is 4. The fourth-order valence-electron chi connectivity index (χ4n) is 3.59. The van der Waals surface area contributed by atoms with E-state index in [1.807, 2.05) is 6.07 Å². The van der Waals surface area contributed by atoms with Gasteiger partial charge in [-0.3, -0.25) is 13.9 Å². The van der Waals surface area contributed by atoms with Gasteiger partial charge < -0.3 is 14.6 Å². The summed E-state index contributed by atoms with van der Waals surface area (Å²) in [4.78, 5) is 31.5. The molecule has 0 radical (unpaired) electrons. The lowest BCUT2D eigenvalue weighted by molar-refractivity contribution is -0.0101. The van der Waals surface area contributed by atoms with Gasteiger partial charge in [-0.15, -0.1) is 0 Å². The van der Waals surface area contributed by atoms with Gasteiger partial charge in [0.25, 0.3) is 5.56 Å². The molecule has 0 saturated carbocycles. The zero-order chi connectivity index (χ0) is 25.8. The van der Waals surface area contributed by atoms with E-state index in [4.69, 9.17) is 16.3 Å². The van der Waals surface area contributed by atoms with Crippen LogP contribution in [0.1, 0.15) is 18.1 Å². The SMILES string of the molecule is CN(C)CCO[C@@](C)(c1ccccc1)c1ccc(Br)cc1.Cn1c(=O)c2[nH]c(Cl)nc2n(C)c1=O. The molecule has 0 saturated heterocycles. The van der Waals surface area contributed by atoms with Gasteiger partial charge in [0.05, 0.1) is 6.61 Å². The van der Waals surface area contributed by atoms with Crippen LogP contribution in [0.15, 0.2) is 68.7 Å². The van der Waals surface area contributed by atoms with Crippen molar-refractivity contribution < 1.29 is 4.74 Å². The number of halogens is 2. The first-order valence-corrected chi connectivity index (χ1v) is 12.1. The molecule has 1 N–H and O–H groups in total. The maximum Gasteiger partial charge on any atom is 0.332 e. The smallest absolute Gasteiger partial charge is 0.332 e. The van der Waals surface area contributed by atoms with Gasteiger partial charge in [0.1, 0.15) is 5.60 Å². The molecule has 0 aliphatic heterocycles. The van der Waals surface area contributed by atoms with Crippen molar-refractivity contribution in [1.82, 2.24) is 24.0 Å². The third kappa shape index (κ3) is 6.10. The summed E-state index contributed by atoms with van der Waals surface area (Å²) in [6.45, 7) is 3.73. The number of likely N-dealkylation sites (N-methyl/N-ethyl adjacent to an activating group) is 1. The second kappa shape index (κ2) is 11.3. The van der Waals surface area contributed by atoms with Crippen molar-refractivity contribution in [2.24, 2.45) is 14.1 Å². The zero-order valence-electron chi connectivity index (χ0n) is 20.4. The summed E-state index contributed by atoms with van der Waals surface area (Å²) >= 11 is 9.09. The summed E-state index contributed by atoms with van der Waals surface area (Å²) < 4.78 is 9.63. The van der Waals surface area contributed by atoms with Crippen molar-refractivity contribution >= 4 is 38.7 Å². The molecule has 0 bridgehead atoms. The molecule has 0 fully saturated rings. The van der Waals surface area contributed by atoms with Crippen LogP contribution in [0.2, 0.25) is 5.28 Å². The molecule has 2 heterocycles. The van der Waals surface area contributed by atoms with Crippen molar-refractivity contribution in [1.29, 1.82) is 0 Å². The van der Waals surface area contributed by atoms with Crippen LogP contribution in [-0.4, -0.2) is 51.2 Å². The average Bonchev–Trinajstić information content (AvgIpc) is 3.24. The number of fused-ring (bicyclic) bond motifs is 1. The van der Waals surface area contributed by atoms with Crippen LogP contribution in [-0.2, 0) is 24.4 Å². The molecule has 2 aromatic carbocycles. The highest BCUT2D eigenvalue weighted by Gasteiger charge is 2.29. The third-order valence-electron chi connectivity index (χ3n) is 5.71. The standard InChI is InChI=1S/C18H22BrNO.C7H7ClN4O2/c1-18(21-14-13-20(2)3,15-7-5-4-6-8-15)16-9-11-17(19)12-10-16;1-11-4-3(9-6(8)10-4)5(13)12(2)7(11)14/h4-12H,13-14H2,1-3H3;1-2H3,(H,9,10)/t18-;/m0./s1. The van der Waals surface area contributed by atoms with E-state index in [1.165, 1.54) is 24.2 Å². The minimum atomic E-state index is -0.433. The summed E-state index contributed by atoms with van der Waals surface area (Å²) in [6, 6.07) is 18.8. The first-order valence-electron chi connectivity index (χ1n) is 11.0. The Balaban J connectivity index is 0.000000211. The second-order valence-corrected chi connectivity index (χ2v) is 9.76. The van der Waals surface area contributed by atoms with Crippen molar-refractivity contribution in [3.8, 4) is 0 Å². The number of aryl methyl sites for hydroxylation is 1. The lowest BCUT2D eigenvalue weighted by Gasteiger charge is -2.32. The Morgan fingerprint density at radius 3 is 2.23 bits per heavy atom. The van der Waals surface area contributed by atoms with E-state index in [-0.39, 0.29) is 16.4 Å². The fourth-order valence-corrected chi connectivity index (χ4v) is 4.03. The average molecular weight is 563 g/mol. The van der Waals surface area contributed by atoms with E-state index in [1.54, 1.807) is 0 Å². The van der Waals surface area contributed by atoms with E-state index in [0.717, 1.165) is 21.1 Å². The highest BCUT2D eigenvalue weighted by atomic mass is 79.9. The molecule has 4 rings (SSSR count). The van der Waals surface area contributed by atoms with Crippen LogP contribution in [0.5, 0.6) is 0 Å². The Bertz CT molecular complexity index is 1400. The number of nitrogens with one attached hydrogen (secondary N) is 1. The zero-order valence-corrected chi connectivity index (χ0v) is 22.7. The van der Waals surface area contributed by atoms with Crippen molar-refractivity contribution in [3.63, 3.8) is 0 Å². The molecule has 1 atom stereocenters. The normalized spacial score (nSPS) is 12.9. The van der Waals surface area contributed by atoms with Crippen LogP contribution in [0.4, 0.5) is 0 Å². The van der Waals surface area contributed by atoms with E-state index in [2.05, 4.69) is 100 Å². The molecule has 8 nitrogen and oxygen atoms in total. The Morgan fingerprint density at radius 2 is 1.63 bits per heavy atom. The van der Waals surface area contributed by atoms with E-state index >= 15 is 0 Å². The van der Waals surface area contributed by atoms with Gasteiger partial charge in [-0.1, -0.05) is 58.4 Å². The molecule has 35 heavy (non-hydrogen) atoms. The minimum absolute atomic E-state index is 0.0956. The van der Waals surface area contributed by atoms with E-state index < -0.39 is 16.9 Å². The summed E-state index contributed by atoms with van der Waals surface area (Å²) in [5.41, 5.74) is 1.55. The van der Waals surface area contributed by atoms with Gasteiger partial charge >= 0.3 is 5.69 Å². The van der Waals surface area contributed by atoms with Crippen molar-refractivity contribution in [3.05, 3.63) is 96.3 Å². The van der Waals surface area contributed by atoms with Gasteiger partial charge in [0.2, 0.25) is 5.28 Å². The number of nitrogens with zero attached hydrogens (tertiary/aromatic N) is 4. The molecule has 2 aromatic heterocycles. The fraction of sp³-hybridized carbons (Fsp3) is 0.320.